The van der Waals surface area contributed by atoms with Gasteiger partial charge in [-0.2, -0.15) is 0 Å². The molecule has 1 aromatic carbocycles. The Hall–Kier alpha value is -1.79. The third-order valence-corrected chi connectivity index (χ3v) is 2.44. The maximum Gasteiger partial charge on any atom is 0.223 e. The van der Waals surface area contributed by atoms with E-state index in [4.69, 9.17) is 10.3 Å². The number of aliphatic imine (C=N–C) groups is 1. The summed E-state index contributed by atoms with van der Waals surface area (Å²) >= 11 is -2.24. The topological polar surface area (TPSA) is 88.6 Å². The molecule has 1 aromatic heterocycles. The van der Waals surface area contributed by atoms with Crippen LogP contribution in [0.4, 0.5) is 5.69 Å². The number of benzene rings is 1. The van der Waals surface area contributed by atoms with Gasteiger partial charge in [0.2, 0.25) is 16.2 Å². The van der Waals surface area contributed by atoms with Gasteiger partial charge < -0.3 is 5.73 Å². The summed E-state index contributed by atoms with van der Waals surface area (Å²) in [4.78, 5) is 7.94. The van der Waals surface area contributed by atoms with Gasteiger partial charge in [-0.25, -0.2) is 9.20 Å². The van der Waals surface area contributed by atoms with Crippen LogP contribution in [0.5, 0.6) is 0 Å². The van der Waals surface area contributed by atoms with Gasteiger partial charge in [0.05, 0.1) is 17.4 Å². The molecule has 0 aliphatic heterocycles. The van der Waals surface area contributed by atoms with Crippen molar-refractivity contribution in [3.05, 3.63) is 36.5 Å². The van der Waals surface area contributed by atoms with Gasteiger partial charge >= 0.3 is 0 Å². The minimum Gasteiger partial charge on any atom is -0.374 e. The number of aromatic nitrogens is 1. The Balaban J connectivity index is 2.47. The van der Waals surface area contributed by atoms with Crippen molar-refractivity contribution in [2.75, 3.05) is 0 Å². The Kier molecular flexibility index (Phi) is 2.93. The summed E-state index contributed by atoms with van der Waals surface area (Å²) < 4.78 is 19.3. The number of nitrogens with zero attached hydrogens (tertiary/aromatic N) is 2. The lowest BCUT2D eigenvalue weighted by Crippen LogP contribution is -2.16. The summed E-state index contributed by atoms with van der Waals surface area (Å²) in [5.41, 5.74) is 6.56. The maximum atomic E-state index is 10.6. The predicted molar refractivity (Wildman–Crippen MR) is 63.8 cm³/mol. The first-order valence-corrected chi connectivity index (χ1v) is 5.57. The van der Waals surface area contributed by atoms with E-state index in [0.717, 1.165) is 10.9 Å². The van der Waals surface area contributed by atoms with Crippen LogP contribution < -0.4 is 5.73 Å². The molecular formula is C10H9N3O2S. The van der Waals surface area contributed by atoms with Crippen molar-refractivity contribution in [2.24, 2.45) is 10.7 Å². The second kappa shape index (κ2) is 4.38. The molecule has 6 heteroatoms. The second-order valence-corrected chi connectivity index (χ2v) is 4.00. The summed E-state index contributed by atoms with van der Waals surface area (Å²) in [5, 5.41) is 0.567. The number of para-hydroxylation sites is 1. The summed E-state index contributed by atoms with van der Waals surface area (Å²) in [6, 6.07) is 9.27. The van der Waals surface area contributed by atoms with E-state index in [1.54, 1.807) is 6.07 Å². The minimum atomic E-state index is -2.24. The Bertz CT molecular complexity index is 583. The number of hydrogen-bond donors (Lipinski definition) is 2. The quantitative estimate of drug-likeness (QED) is 0.444. The number of pyridine rings is 1. The zero-order valence-electron chi connectivity index (χ0n) is 8.20. The molecule has 2 aromatic rings. The molecule has 0 radical (unpaired) electrons. The Morgan fingerprint density at radius 2 is 2.19 bits per heavy atom. The first-order chi connectivity index (χ1) is 7.66. The van der Waals surface area contributed by atoms with Crippen LogP contribution in [0.25, 0.3) is 10.9 Å². The molecule has 5 nitrogen and oxygen atoms in total. The Morgan fingerprint density at radius 1 is 1.44 bits per heavy atom. The summed E-state index contributed by atoms with van der Waals surface area (Å²) in [6.45, 7) is 0. The van der Waals surface area contributed by atoms with Crippen LogP contribution in [0.15, 0.2) is 41.5 Å². The Labute approximate surface area is 94.3 Å². The minimum absolute atomic E-state index is 0.336. The van der Waals surface area contributed by atoms with Crippen LogP contribution in [0.1, 0.15) is 0 Å². The van der Waals surface area contributed by atoms with E-state index < -0.39 is 11.1 Å². The fourth-order valence-corrected chi connectivity index (χ4v) is 1.47. The van der Waals surface area contributed by atoms with Gasteiger partial charge in [-0.1, -0.05) is 18.2 Å². The summed E-state index contributed by atoms with van der Waals surface area (Å²) in [7, 11) is 0. The molecule has 0 spiro atoms. The highest BCUT2D eigenvalue weighted by atomic mass is 32.2. The third kappa shape index (κ3) is 2.23. The number of rotatable bonds is 1. The van der Waals surface area contributed by atoms with E-state index in [1.165, 1.54) is 6.20 Å². The normalized spacial score (nSPS) is 13.9. The highest BCUT2D eigenvalue weighted by molar-refractivity contribution is 7.95. The molecule has 0 bridgehead atoms. The van der Waals surface area contributed by atoms with Crippen molar-refractivity contribution < 1.29 is 8.76 Å². The van der Waals surface area contributed by atoms with Gasteiger partial charge in [0.1, 0.15) is 0 Å². The van der Waals surface area contributed by atoms with E-state index >= 15 is 0 Å². The van der Waals surface area contributed by atoms with Gasteiger partial charge in [-0.05, 0) is 12.1 Å². The van der Waals surface area contributed by atoms with E-state index in [0.29, 0.717) is 5.69 Å². The van der Waals surface area contributed by atoms with Crippen molar-refractivity contribution in [1.29, 1.82) is 0 Å². The van der Waals surface area contributed by atoms with Crippen LogP contribution in [0, 0.1) is 0 Å². The van der Waals surface area contributed by atoms with E-state index in [2.05, 4.69) is 9.98 Å². The standard InChI is InChI=1S/C10H9N3O2S/c11-10(16(14)15)13-8-5-7-3-1-2-4-9(7)12-6-8/h1-6H,(H2,11,13)(H,14,15). The largest absolute Gasteiger partial charge is 0.374 e. The fraction of sp³-hybridized carbons (Fsp3) is 0. The lowest BCUT2D eigenvalue weighted by Gasteiger charge is -1.98. The number of hydrogen-bond acceptors (Lipinski definition) is 3. The van der Waals surface area contributed by atoms with Gasteiger partial charge in [-0.15, -0.1) is 0 Å². The van der Waals surface area contributed by atoms with Crippen LogP contribution >= 0.6 is 0 Å². The molecule has 0 saturated heterocycles. The van der Waals surface area contributed by atoms with Crippen LogP contribution in [-0.4, -0.2) is 18.9 Å². The summed E-state index contributed by atoms with van der Waals surface area (Å²) in [6.07, 6.45) is 1.50. The van der Waals surface area contributed by atoms with Crippen molar-refractivity contribution in [3.63, 3.8) is 0 Å². The SMILES string of the molecule is NC(=Nc1cnc2ccccc2c1)S(=O)O. The Morgan fingerprint density at radius 3 is 2.94 bits per heavy atom. The van der Waals surface area contributed by atoms with E-state index in [1.807, 2.05) is 24.3 Å². The average molecular weight is 235 g/mol. The average Bonchev–Trinajstić information content (AvgIpc) is 2.28. The number of fused-ring (bicyclic) bond motifs is 1. The van der Waals surface area contributed by atoms with Gasteiger partial charge in [0.15, 0.2) is 0 Å². The molecular weight excluding hydrogens is 226 g/mol. The van der Waals surface area contributed by atoms with Crippen molar-refractivity contribution in [2.45, 2.75) is 0 Å². The van der Waals surface area contributed by atoms with E-state index in [9.17, 15) is 4.21 Å². The lowest BCUT2D eigenvalue weighted by molar-refractivity contribution is 0.576. The van der Waals surface area contributed by atoms with Crippen LogP contribution in [-0.2, 0) is 11.1 Å². The zero-order valence-corrected chi connectivity index (χ0v) is 9.02. The van der Waals surface area contributed by atoms with Gasteiger partial charge in [0.25, 0.3) is 0 Å². The monoisotopic (exact) mass is 235 g/mol. The molecule has 1 unspecified atom stereocenters. The second-order valence-electron chi connectivity index (χ2n) is 3.09. The molecule has 0 amide bonds. The highest BCUT2D eigenvalue weighted by Crippen LogP contribution is 2.18. The molecule has 0 fully saturated rings. The number of nitrogens with two attached hydrogens (primary N) is 1. The van der Waals surface area contributed by atoms with Crippen molar-refractivity contribution >= 4 is 32.8 Å². The third-order valence-electron chi connectivity index (χ3n) is 1.99. The highest BCUT2D eigenvalue weighted by Gasteiger charge is 2.01. The summed E-state index contributed by atoms with van der Waals surface area (Å²) in [5.74, 6) is 0. The number of amidine groups is 1. The van der Waals surface area contributed by atoms with E-state index in [-0.39, 0.29) is 5.17 Å². The van der Waals surface area contributed by atoms with Crippen molar-refractivity contribution in [1.82, 2.24) is 4.98 Å². The predicted octanol–water partition coefficient (Wildman–Crippen LogP) is 1.40. The molecule has 82 valence electrons. The van der Waals surface area contributed by atoms with Gasteiger partial charge in [-0.3, -0.25) is 9.54 Å². The van der Waals surface area contributed by atoms with Gasteiger partial charge in [0, 0.05) is 5.39 Å². The lowest BCUT2D eigenvalue weighted by atomic mass is 10.2. The molecule has 16 heavy (non-hydrogen) atoms. The zero-order chi connectivity index (χ0) is 11.5. The first-order valence-electron chi connectivity index (χ1n) is 4.46. The molecule has 0 aliphatic carbocycles. The van der Waals surface area contributed by atoms with Crippen LogP contribution in [0.3, 0.4) is 0 Å². The molecule has 2 rings (SSSR count). The smallest absolute Gasteiger partial charge is 0.223 e. The molecule has 0 saturated carbocycles. The first kappa shape index (κ1) is 10.7. The molecule has 3 N–H and O–H groups in total. The maximum absolute atomic E-state index is 10.6. The molecule has 1 heterocycles. The van der Waals surface area contributed by atoms with Crippen molar-refractivity contribution in [3.8, 4) is 0 Å². The molecule has 0 aliphatic rings. The van der Waals surface area contributed by atoms with Crippen LogP contribution in [0.2, 0.25) is 0 Å². The molecule has 1 atom stereocenters. The fourth-order valence-electron chi connectivity index (χ4n) is 1.29.